The van der Waals surface area contributed by atoms with E-state index in [1.807, 2.05) is 0 Å². The molecule has 0 spiro atoms. The molecule has 2 fully saturated rings. The van der Waals surface area contributed by atoms with Crippen LogP contribution in [0.3, 0.4) is 0 Å². The first-order chi connectivity index (χ1) is 9.86. The fourth-order valence-electron chi connectivity index (χ4n) is 4.18. The molecule has 0 aromatic carbocycles. The summed E-state index contributed by atoms with van der Waals surface area (Å²) >= 11 is -1.16. The number of hydrogen-bond donors (Lipinski definition) is 2. The van der Waals surface area contributed by atoms with E-state index in [1.54, 1.807) is 13.2 Å². The van der Waals surface area contributed by atoms with Crippen molar-refractivity contribution >= 4 is 23.1 Å². The van der Waals surface area contributed by atoms with Crippen LogP contribution in [0.5, 0.6) is 0 Å². The van der Waals surface area contributed by atoms with Gasteiger partial charge in [0.2, 0.25) is 5.91 Å². The Balaban J connectivity index is 2.06. The van der Waals surface area contributed by atoms with E-state index in [4.69, 9.17) is 0 Å². The number of carboxylic acids is 1. The molecule has 6 nitrogen and oxygen atoms in total. The topological polar surface area (TPSA) is 101 Å². The number of aliphatic hydroxyl groups is 1. The molecule has 6 atom stereocenters. The van der Waals surface area contributed by atoms with Crippen molar-refractivity contribution in [3.8, 4) is 0 Å². The number of carbonyl (C=O) groups is 2. The van der Waals surface area contributed by atoms with Crippen LogP contribution in [-0.2, 0) is 20.8 Å². The highest BCUT2D eigenvalue weighted by Crippen LogP contribution is 2.53. The molecule has 0 bridgehead atoms. The average molecular weight is 313 g/mol. The summed E-state index contributed by atoms with van der Waals surface area (Å²) in [5, 5.41) is 19.0. The van der Waals surface area contributed by atoms with Crippen molar-refractivity contribution in [3.05, 3.63) is 11.3 Å². The molecule has 21 heavy (non-hydrogen) atoms. The zero-order chi connectivity index (χ0) is 15.5. The monoisotopic (exact) mass is 313 g/mol. The van der Waals surface area contributed by atoms with Gasteiger partial charge in [-0.3, -0.25) is 4.79 Å². The molecule has 7 heteroatoms. The van der Waals surface area contributed by atoms with Gasteiger partial charge in [-0.15, -0.1) is 0 Å². The van der Waals surface area contributed by atoms with E-state index in [0.29, 0.717) is 12.0 Å². The molecule has 1 saturated carbocycles. The van der Waals surface area contributed by atoms with E-state index >= 15 is 0 Å². The molecule has 0 aromatic rings. The lowest BCUT2D eigenvalue weighted by Gasteiger charge is -2.47. The molecular weight excluding hydrogens is 294 g/mol. The van der Waals surface area contributed by atoms with Crippen LogP contribution in [0.1, 0.15) is 26.2 Å². The van der Waals surface area contributed by atoms with Crippen molar-refractivity contribution in [2.45, 2.75) is 43.6 Å². The van der Waals surface area contributed by atoms with Crippen molar-refractivity contribution in [3.63, 3.8) is 0 Å². The molecule has 2 unspecified atom stereocenters. The van der Waals surface area contributed by atoms with Crippen LogP contribution in [-0.4, -0.2) is 55.2 Å². The smallest absolute Gasteiger partial charge is 0.352 e. The van der Waals surface area contributed by atoms with Gasteiger partial charge in [0.05, 0.1) is 24.3 Å². The minimum absolute atomic E-state index is 0.0202. The summed E-state index contributed by atoms with van der Waals surface area (Å²) < 4.78 is 12.0. The Morgan fingerprint density at radius 2 is 2.14 bits per heavy atom. The molecule has 0 aromatic heterocycles. The molecule has 3 rings (SSSR count). The van der Waals surface area contributed by atoms with Gasteiger partial charge < -0.3 is 19.7 Å². The standard InChI is InChI=1S/C14H19NO5S/c1-6(16)9-11-7-4-3-5-8(21(2)20)10(7)12(14(18)19)15(11)13(9)17/h6-9,11,16H,3-5H2,1-2H3,(H,18,19)/t6?,7-,8-,9+,11+,21?/m0/s1. The van der Waals surface area contributed by atoms with Gasteiger partial charge in [-0.1, -0.05) is 0 Å². The minimum Gasteiger partial charge on any atom is -0.616 e. The fraction of sp³-hybridized carbons (Fsp3) is 0.714. The lowest BCUT2D eigenvalue weighted by Crippen LogP contribution is -2.64. The number of aliphatic hydroxyl groups excluding tert-OH is 1. The third-order valence-electron chi connectivity index (χ3n) is 4.97. The molecule has 2 aliphatic heterocycles. The molecule has 1 saturated heterocycles. The minimum atomic E-state index is -1.16. The molecule has 116 valence electrons. The van der Waals surface area contributed by atoms with Crippen LogP contribution in [0, 0.1) is 11.8 Å². The Bertz CT molecular complexity index is 529. The van der Waals surface area contributed by atoms with Gasteiger partial charge in [-0.2, -0.15) is 0 Å². The Kier molecular flexibility index (Phi) is 3.54. The Morgan fingerprint density at radius 3 is 2.67 bits per heavy atom. The van der Waals surface area contributed by atoms with E-state index in [2.05, 4.69) is 0 Å². The van der Waals surface area contributed by atoms with Crippen LogP contribution < -0.4 is 0 Å². The zero-order valence-corrected chi connectivity index (χ0v) is 12.8. The van der Waals surface area contributed by atoms with Crippen molar-refractivity contribution in [2.75, 3.05) is 6.26 Å². The zero-order valence-electron chi connectivity index (χ0n) is 12.0. The first-order valence-corrected chi connectivity index (χ1v) is 8.79. The number of aliphatic carboxylic acids is 1. The number of fused-ring (bicyclic) bond motifs is 3. The summed E-state index contributed by atoms with van der Waals surface area (Å²) in [6.45, 7) is 1.57. The van der Waals surface area contributed by atoms with Gasteiger partial charge >= 0.3 is 5.97 Å². The number of rotatable bonds is 3. The van der Waals surface area contributed by atoms with Gasteiger partial charge in [0.25, 0.3) is 0 Å². The van der Waals surface area contributed by atoms with Crippen molar-refractivity contribution in [1.29, 1.82) is 0 Å². The largest absolute Gasteiger partial charge is 0.616 e. The molecular formula is C14H19NO5S. The fourth-order valence-corrected chi connectivity index (χ4v) is 5.32. The second-order valence-corrected chi connectivity index (χ2v) is 7.67. The summed E-state index contributed by atoms with van der Waals surface area (Å²) in [6, 6.07) is -0.273. The Labute approximate surface area is 126 Å². The second kappa shape index (κ2) is 5.00. The van der Waals surface area contributed by atoms with Gasteiger partial charge in [-0.05, 0) is 37.4 Å². The average Bonchev–Trinajstić information content (AvgIpc) is 2.68. The predicted octanol–water partition coefficient (Wildman–Crippen LogP) is 0.0937. The molecule has 1 amide bonds. The van der Waals surface area contributed by atoms with Crippen LogP contribution in [0.4, 0.5) is 0 Å². The summed E-state index contributed by atoms with van der Waals surface area (Å²) in [5.74, 6) is -2.07. The Morgan fingerprint density at radius 1 is 1.48 bits per heavy atom. The summed E-state index contributed by atoms with van der Waals surface area (Å²) in [7, 11) is 0. The first-order valence-electron chi connectivity index (χ1n) is 7.17. The lowest BCUT2D eigenvalue weighted by atomic mass is 9.72. The highest BCUT2D eigenvalue weighted by atomic mass is 32.2. The van der Waals surface area contributed by atoms with Gasteiger partial charge in [0, 0.05) is 11.5 Å². The summed E-state index contributed by atoms with van der Waals surface area (Å²) in [4.78, 5) is 25.2. The van der Waals surface area contributed by atoms with E-state index < -0.39 is 29.2 Å². The predicted molar refractivity (Wildman–Crippen MR) is 75.7 cm³/mol. The van der Waals surface area contributed by atoms with E-state index in [-0.39, 0.29) is 28.8 Å². The number of carboxylic acid groups (broad SMARTS) is 1. The molecule has 2 heterocycles. The van der Waals surface area contributed by atoms with Crippen LogP contribution in [0.2, 0.25) is 0 Å². The molecule has 0 radical (unpaired) electrons. The number of β-lactam (4-membered cyclic amide) rings is 1. The first kappa shape index (κ1) is 14.9. The van der Waals surface area contributed by atoms with Crippen molar-refractivity contribution in [1.82, 2.24) is 4.90 Å². The number of nitrogens with zero attached hydrogens (tertiary/aromatic N) is 1. The Hall–Kier alpha value is -1.05. The molecule has 3 aliphatic rings. The SMILES string of the molecule is CC(O)[C@H]1C(=O)N2C(C(=O)O)=C3[C@H](CCC[C@@H]3[S+](C)[O-])[C@H]12. The quantitative estimate of drug-likeness (QED) is 0.568. The van der Waals surface area contributed by atoms with Crippen molar-refractivity contribution < 1.29 is 24.4 Å². The highest BCUT2D eigenvalue weighted by molar-refractivity contribution is 7.91. The summed E-state index contributed by atoms with van der Waals surface area (Å²) in [5.41, 5.74) is 0.683. The van der Waals surface area contributed by atoms with Gasteiger partial charge in [0.1, 0.15) is 10.9 Å². The van der Waals surface area contributed by atoms with Crippen LogP contribution in [0.15, 0.2) is 11.3 Å². The maximum atomic E-state index is 12.2. The van der Waals surface area contributed by atoms with Gasteiger partial charge in [-0.25, -0.2) is 4.79 Å². The number of hydrogen-bond acceptors (Lipinski definition) is 4. The lowest BCUT2D eigenvalue weighted by molar-refractivity contribution is -0.163. The third kappa shape index (κ3) is 1.94. The third-order valence-corrected chi connectivity index (χ3v) is 6.26. The van der Waals surface area contributed by atoms with Crippen molar-refractivity contribution in [2.24, 2.45) is 11.8 Å². The van der Waals surface area contributed by atoms with Crippen LogP contribution in [0.25, 0.3) is 0 Å². The molecule has 2 N–H and O–H groups in total. The highest BCUT2D eigenvalue weighted by Gasteiger charge is 2.63. The van der Waals surface area contributed by atoms with E-state index in [9.17, 15) is 24.4 Å². The summed E-state index contributed by atoms with van der Waals surface area (Å²) in [6.07, 6.45) is 3.15. The molecule has 1 aliphatic carbocycles. The van der Waals surface area contributed by atoms with Gasteiger partial charge in [0.15, 0.2) is 0 Å². The van der Waals surface area contributed by atoms with E-state index in [0.717, 1.165) is 12.8 Å². The van der Waals surface area contributed by atoms with E-state index in [1.165, 1.54) is 4.90 Å². The number of amides is 1. The second-order valence-electron chi connectivity index (χ2n) is 6.10. The maximum Gasteiger partial charge on any atom is 0.352 e. The maximum absolute atomic E-state index is 12.2. The van der Waals surface area contributed by atoms with Crippen LogP contribution >= 0.6 is 0 Å². The number of carbonyl (C=O) groups excluding carboxylic acids is 1. The normalized spacial score (nSPS) is 37.7.